The Hall–Kier alpha value is -6.92. The van der Waals surface area contributed by atoms with Crippen LogP contribution in [0.15, 0.2) is 170 Å². The lowest BCUT2D eigenvalue weighted by Gasteiger charge is -2.47. The summed E-state index contributed by atoms with van der Waals surface area (Å²) in [6, 6.07) is 54.3. The molecule has 6 amide bonds. The Labute approximate surface area is 780 Å². The van der Waals surface area contributed by atoms with Crippen LogP contribution < -0.4 is 20.1 Å². The summed E-state index contributed by atoms with van der Waals surface area (Å²) in [5.74, 6) is 2.32. The number of methoxy groups -OCH3 is 2. The molecule has 8 fully saturated rings. The molecule has 4 aliphatic heterocycles. The molecule has 4 saturated heterocycles. The minimum atomic E-state index is -0.698. The third-order valence-corrected chi connectivity index (χ3v) is 31.0. The van der Waals surface area contributed by atoms with Crippen molar-refractivity contribution in [3.05, 3.63) is 265 Å². The molecule has 8 aromatic rings. The van der Waals surface area contributed by atoms with Gasteiger partial charge < -0.3 is 29.6 Å². The quantitative estimate of drug-likeness (QED) is 0.127. The van der Waals surface area contributed by atoms with E-state index in [4.69, 9.17) is 135 Å². The number of hydrogen-bond acceptors (Lipinski definition) is 10. The van der Waals surface area contributed by atoms with Gasteiger partial charge >= 0.3 is 12.2 Å². The maximum absolute atomic E-state index is 13.8. The Morgan fingerprint density at radius 3 is 1.14 bits per heavy atom. The van der Waals surface area contributed by atoms with Crippen LogP contribution in [-0.2, 0) is 28.7 Å². The van der Waals surface area contributed by atoms with E-state index in [9.17, 15) is 28.8 Å². The molecule has 0 unspecified atom stereocenters. The van der Waals surface area contributed by atoms with Crippen molar-refractivity contribution in [3.63, 3.8) is 0 Å². The molecule has 24 heteroatoms. The van der Waals surface area contributed by atoms with E-state index in [0.717, 1.165) is 99.1 Å². The third-order valence-electron chi connectivity index (χ3n) is 28.2. The number of nitrogens with zero attached hydrogens (tertiary/aromatic N) is 2. The molecule has 4 heterocycles. The topological polar surface area (TPSA) is 170 Å². The second-order valence-electron chi connectivity index (χ2n) is 37.5. The highest BCUT2D eigenvalue weighted by molar-refractivity contribution is 6.36. The maximum atomic E-state index is 13.8. The molecule has 660 valence electrons. The van der Waals surface area contributed by atoms with Crippen LogP contribution in [0.2, 0.25) is 50.2 Å². The van der Waals surface area contributed by atoms with Crippen LogP contribution in [-0.4, -0.2) is 95.2 Å². The van der Waals surface area contributed by atoms with E-state index in [1.165, 1.54) is 20.9 Å². The lowest BCUT2D eigenvalue weighted by Crippen LogP contribution is -2.43. The number of carbonyl (C=O) groups is 6. The average molecular weight is 1880 g/mol. The number of carbonyl (C=O) groups excluding carboxylic acids is 6. The highest BCUT2D eigenvalue weighted by Gasteiger charge is 2.65. The molecule has 124 heavy (non-hydrogen) atoms. The monoisotopic (exact) mass is 1880 g/mol. The van der Waals surface area contributed by atoms with Gasteiger partial charge in [0.15, 0.2) is 0 Å². The Morgan fingerprint density at radius 2 is 0.734 bits per heavy atom. The number of amides is 6. The molecule has 16 rings (SSSR count). The number of halogens is 10. The fourth-order valence-corrected chi connectivity index (χ4v) is 25.1. The first kappa shape index (κ1) is 94.7. The van der Waals surface area contributed by atoms with Crippen LogP contribution in [0.25, 0.3) is 0 Å². The summed E-state index contributed by atoms with van der Waals surface area (Å²) in [4.78, 5) is 81.8. The molecule has 20 atom stereocenters. The van der Waals surface area contributed by atoms with E-state index in [1.807, 2.05) is 175 Å². The standard InChI is InChI=1S/C28H33Cl2NO4.C26H28Cl3NO3.C23H24Cl3NO.C23H25Cl2NO2/c1-16-24-23(17-7-9-18(29)10-8-17)21(20-12-11-19(34-6)15-22(20)30)13-14-28(24,5)25(32)31(16)26(33)35-27(2,3)4;1-14-22-20(24(31)30(14)25(32)33-26(2,3)4)12-11-19(18-10-9-17(28)13-21(18)29)23(22)15-5-7-16(27)8-6-15;1-3-23-11-10-18(17-9-8-16(25)12-19(17)26)20(14-4-6-15(24)7-5-14)21(23)13(2)27-22(23)28;1-13-21-20(14-4-6-15(24)7-5-14)18(10-11-23(21,2)22(27)26-13)17-9-8-16(28-3)12-19(17)25/h7-12,15-16,21,23-24H,13-14H2,1-6H3;5-10,13-14,19-20,22-23H,11-12H2,1-4H3;4-9,12-13,18,20-21H,3,10-11H2,1-2H3,(H,27,28);4-9,12-13,18,20-21H,10-11H2,1-3H3,(H,26,27)/t16-,21+,23+,24+,28-;14-,19+,20+,22-,23+;2*13-,18+,20+,21+,23-/m1111/s1. The largest absolute Gasteiger partial charge is 0.497 e. The van der Waals surface area contributed by atoms with Gasteiger partial charge in [0.1, 0.15) is 22.7 Å². The zero-order valence-electron chi connectivity index (χ0n) is 72.6. The van der Waals surface area contributed by atoms with E-state index in [2.05, 4.69) is 68.7 Å². The first-order valence-electron chi connectivity index (χ1n) is 42.9. The smallest absolute Gasteiger partial charge is 0.417 e. The molecule has 0 radical (unpaired) electrons. The van der Waals surface area contributed by atoms with Gasteiger partial charge in [-0.1, -0.05) is 210 Å². The van der Waals surface area contributed by atoms with Crippen molar-refractivity contribution in [1.29, 1.82) is 0 Å². The Balaban J connectivity index is 0.000000143. The van der Waals surface area contributed by atoms with E-state index >= 15 is 0 Å². The van der Waals surface area contributed by atoms with Crippen molar-refractivity contribution < 1.29 is 47.7 Å². The van der Waals surface area contributed by atoms with E-state index in [1.54, 1.807) is 41.1 Å². The summed E-state index contributed by atoms with van der Waals surface area (Å²) < 4.78 is 21.9. The number of rotatable bonds is 11. The molecule has 4 saturated carbocycles. The third kappa shape index (κ3) is 19.0. The summed E-state index contributed by atoms with van der Waals surface area (Å²) in [5.41, 5.74) is 6.09. The first-order valence-corrected chi connectivity index (χ1v) is 46.7. The van der Waals surface area contributed by atoms with Gasteiger partial charge in [-0.3, -0.25) is 19.2 Å². The SMILES string of the molecule is CC[C@@]12CC[C@@H](c3ccc(Cl)cc3Cl)[C@H](c3ccc(Cl)cc3)[C@@H]1[C@@H](C)NC2=O.COc1ccc([C@@H]2CC[C@@]3(C)C(=O)N(C(=O)OC(C)(C)C)[C@H](C)[C@H]3[C@H]2c2ccc(Cl)cc2)c(Cl)c1.COc1ccc([C@@H]2CC[C@@]3(C)C(=O)N[C@H](C)[C@H]3[C@H]2c2ccc(Cl)cc2)c(Cl)c1.C[C@@H]1[C@H]2[C@@H](c3ccc(Cl)cc3)[C@H](c3ccc(Cl)cc3Cl)CC[C@@H]2C(=O)N1C(=O)OC(C)(C)C. The zero-order valence-corrected chi connectivity index (χ0v) is 80.2. The molecule has 0 aromatic heterocycles. The summed E-state index contributed by atoms with van der Waals surface area (Å²) in [5, 5.41) is 13.1. The fraction of sp³-hybridized carbons (Fsp3) is 0.460. The summed E-state index contributed by atoms with van der Waals surface area (Å²) >= 11 is 63.7. The van der Waals surface area contributed by atoms with Gasteiger partial charge in [-0.25, -0.2) is 19.4 Å². The molecular weight excluding hydrogens is 1770 g/mol. The van der Waals surface area contributed by atoms with Crippen LogP contribution >= 0.6 is 116 Å². The number of hydrogen-bond donors (Lipinski definition) is 2. The highest BCUT2D eigenvalue weighted by atomic mass is 35.5. The minimum absolute atomic E-state index is 0.0221. The average Bonchev–Trinajstić information content (AvgIpc) is 1.55. The maximum Gasteiger partial charge on any atom is 0.417 e. The van der Waals surface area contributed by atoms with Crippen molar-refractivity contribution in [2.45, 2.75) is 231 Å². The zero-order chi connectivity index (χ0) is 89.9. The van der Waals surface area contributed by atoms with E-state index in [-0.39, 0.29) is 136 Å². The van der Waals surface area contributed by atoms with Gasteiger partial charge in [-0.05, 0) is 322 Å². The van der Waals surface area contributed by atoms with Gasteiger partial charge in [0.25, 0.3) is 0 Å². The van der Waals surface area contributed by atoms with Gasteiger partial charge in [0, 0.05) is 98.1 Å². The fourth-order valence-electron chi connectivity index (χ4n) is 22.8. The lowest BCUT2D eigenvalue weighted by atomic mass is 9.54. The van der Waals surface area contributed by atoms with Crippen LogP contribution in [0.5, 0.6) is 11.5 Å². The highest BCUT2D eigenvalue weighted by Crippen LogP contribution is 2.65. The molecule has 0 bridgehead atoms. The number of imide groups is 2. The lowest BCUT2D eigenvalue weighted by molar-refractivity contribution is -0.137. The Bertz CT molecular complexity index is 5280. The summed E-state index contributed by atoms with van der Waals surface area (Å²) in [6.07, 6.45) is 6.10. The molecule has 8 aliphatic rings. The van der Waals surface area contributed by atoms with Crippen LogP contribution in [0, 0.1) is 45.8 Å². The van der Waals surface area contributed by atoms with Gasteiger partial charge in [-0.15, -0.1) is 0 Å². The molecule has 4 aliphatic carbocycles. The first-order chi connectivity index (χ1) is 58.6. The number of fused-ring (bicyclic) bond motifs is 4. The molecule has 0 spiro atoms. The number of benzene rings is 8. The van der Waals surface area contributed by atoms with Gasteiger partial charge in [0.05, 0.1) is 30.5 Å². The van der Waals surface area contributed by atoms with Gasteiger partial charge in [0.2, 0.25) is 23.6 Å². The number of nitrogens with one attached hydrogen (secondary N) is 2. The van der Waals surface area contributed by atoms with Crippen LogP contribution in [0.3, 0.4) is 0 Å². The van der Waals surface area contributed by atoms with E-state index in [0.29, 0.717) is 53.7 Å². The summed E-state index contributed by atoms with van der Waals surface area (Å²) in [6.45, 7) is 25.2. The van der Waals surface area contributed by atoms with E-state index < -0.39 is 28.8 Å². The normalized spacial score (nSPS) is 29.8. The van der Waals surface area contributed by atoms with Crippen molar-refractivity contribution in [1.82, 2.24) is 20.4 Å². The predicted molar refractivity (Wildman–Crippen MR) is 500 cm³/mol. The second-order valence-corrected chi connectivity index (χ2v) is 41.7. The molecular formula is C100H110Cl10N4O10. The van der Waals surface area contributed by atoms with Crippen molar-refractivity contribution in [2.24, 2.45) is 45.8 Å². The number of likely N-dealkylation sites (tertiary alicyclic amines) is 2. The van der Waals surface area contributed by atoms with Crippen LogP contribution in [0.1, 0.15) is 240 Å². The van der Waals surface area contributed by atoms with Gasteiger partial charge in [-0.2, -0.15) is 0 Å². The second kappa shape index (κ2) is 38.0. The Morgan fingerprint density at radius 1 is 0.395 bits per heavy atom. The van der Waals surface area contributed by atoms with Crippen molar-refractivity contribution in [2.75, 3.05) is 14.2 Å². The summed E-state index contributed by atoms with van der Waals surface area (Å²) in [7, 11) is 3.26. The van der Waals surface area contributed by atoms with Crippen LogP contribution in [0.4, 0.5) is 9.59 Å². The van der Waals surface area contributed by atoms with Crippen molar-refractivity contribution in [3.8, 4) is 11.5 Å². The molecule has 14 nitrogen and oxygen atoms in total. The number of ether oxygens (including phenoxy) is 4. The predicted octanol–water partition coefficient (Wildman–Crippen LogP) is 27.8. The minimum Gasteiger partial charge on any atom is -0.497 e. The molecule has 2 N–H and O–H groups in total. The van der Waals surface area contributed by atoms with Crippen molar-refractivity contribution >= 4 is 152 Å². The Kier molecular flexibility index (Phi) is 29.0. The molecule has 8 aromatic carbocycles.